The molecule has 1 aromatic heterocycles. The molecule has 4 nitrogen and oxygen atoms in total. The van der Waals surface area contributed by atoms with Crippen LogP contribution in [0.2, 0.25) is 15.1 Å². The van der Waals surface area contributed by atoms with Crippen LogP contribution < -0.4 is 10.7 Å². The summed E-state index contributed by atoms with van der Waals surface area (Å²) >= 11 is 17.8. The van der Waals surface area contributed by atoms with Crippen LogP contribution in [0.1, 0.15) is 17.3 Å². The van der Waals surface area contributed by atoms with E-state index in [1.165, 1.54) is 6.07 Å². The molecular weight excluding hydrogens is 383 g/mol. The second kappa shape index (κ2) is 7.08. The first-order valence-electron chi connectivity index (χ1n) is 7.50. The molecule has 128 valence electrons. The van der Waals surface area contributed by atoms with Gasteiger partial charge in [-0.1, -0.05) is 34.8 Å². The van der Waals surface area contributed by atoms with Crippen LogP contribution in [0, 0.1) is 0 Å². The molecule has 25 heavy (non-hydrogen) atoms. The number of aryl methyl sites for hydroxylation is 1. The lowest BCUT2D eigenvalue weighted by atomic mass is 10.1. The van der Waals surface area contributed by atoms with Gasteiger partial charge in [-0.3, -0.25) is 9.59 Å². The number of hydrogen-bond acceptors (Lipinski definition) is 2. The van der Waals surface area contributed by atoms with Crippen molar-refractivity contribution in [2.24, 2.45) is 0 Å². The van der Waals surface area contributed by atoms with E-state index < -0.39 is 5.91 Å². The van der Waals surface area contributed by atoms with Crippen molar-refractivity contribution >= 4 is 57.3 Å². The highest BCUT2D eigenvalue weighted by Gasteiger charge is 2.16. The monoisotopic (exact) mass is 394 g/mol. The lowest BCUT2D eigenvalue weighted by molar-refractivity contribution is 0.102. The van der Waals surface area contributed by atoms with E-state index in [9.17, 15) is 9.59 Å². The number of carbonyl (C=O) groups is 1. The summed E-state index contributed by atoms with van der Waals surface area (Å²) < 4.78 is 1.83. The number of aromatic nitrogens is 1. The molecule has 1 amide bonds. The second-order valence-electron chi connectivity index (χ2n) is 5.40. The number of nitrogens with one attached hydrogen (secondary N) is 1. The van der Waals surface area contributed by atoms with Crippen LogP contribution in [0.15, 0.2) is 47.4 Å². The first-order valence-corrected chi connectivity index (χ1v) is 8.63. The van der Waals surface area contributed by atoms with Gasteiger partial charge >= 0.3 is 0 Å². The fraction of sp³-hybridized carbons (Fsp3) is 0.111. The van der Waals surface area contributed by atoms with Crippen LogP contribution >= 0.6 is 34.8 Å². The summed E-state index contributed by atoms with van der Waals surface area (Å²) in [4.78, 5) is 25.3. The minimum absolute atomic E-state index is 0.0303. The van der Waals surface area contributed by atoms with Crippen LogP contribution in [-0.2, 0) is 6.54 Å². The second-order valence-corrected chi connectivity index (χ2v) is 6.65. The van der Waals surface area contributed by atoms with Gasteiger partial charge in [0.25, 0.3) is 5.91 Å². The van der Waals surface area contributed by atoms with Gasteiger partial charge in [-0.05, 0) is 43.3 Å². The molecule has 0 fully saturated rings. The van der Waals surface area contributed by atoms with E-state index in [-0.39, 0.29) is 11.0 Å². The largest absolute Gasteiger partial charge is 0.347 e. The quantitative estimate of drug-likeness (QED) is 0.660. The molecule has 1 N–H and O–H groups in total. The maximum Gasteiger partial charge on any atom is 0.261 e. The predicted molar refractivity (Wildman–Crippen MR) is 103 cm³/mol. The molecule has 0 bridgehead atoms. The zero-order valence-electron chi connectivity index (χ0n) is 13.1. The molecule has 3 aromatic rings. The Labute approximate surface area is 158 Å². The third kappa shape index (κ3) is 3.52. The van der Waals surface area contributed by atoms with Gasteiger partial charge in [-0.25, -0.2) is 0 Å². The number of rotatable bonds is 3. The standard InChI is InChI=1S/C18H13Cl3N2O2/c1-2-23-9-13(17(24)12-7-10(19)3-6-16(12)23)18(25)22-11-4-5-14(20)15(21)8-11/h3-9H,2H2,1H3,(H,22,25). The Kier molecular flexibility index (Phi) is 5.04. The number of fused-ring (bicyclic) bond motifs is 1. The smallest absolute Gasteiger partial charge is 0.261 e. The summed E-state index contributed by atoms with van der Waals surface area (Å²) in [5.74, 6) is -0.521. The first kappa shape index (κ1) is 17.8. The minimum Gasteiger partial charge on any atom is -0.347 e. The van der Waals surface area contributed by atoms with E-state index in [2.05, 4.69) is 5.32 Å². The number of carbonyl (C=O) groups excluding carboxylic acids is 1. The normalized spacial score (nSPS) is 10.9. The van der Waals surface area contributed by atoms with E-state index in [4.69, 9.17) is 34.8 Å². The predicted octanol–water partition coefficient (Wildman–Crippen LogP) is 5.23. The summed E-state index contributed by atoms with van der Waals surface area (Å²) in [6, 6.07) is 9.76. The van der Waals surface area contributed by atoms with Crippen molar-refractivity contribution in [3.8, 4) is 0 Å². The Morgan fingerprint density at radius 3 is 2.52 bits per heavy atom. The molecule has 0 aliphatic heterocycles. The number of nitrogens with zero attached hydrogens (tertiary/aromatic N) is 1. The Bertz CT molecular complexity index is 1040. The maximum atomic E-state index is 12.7. The number of benzene rings is 2. The Morgan fingerprint density at radius 2 is 1.84 bits per heavy atom. The van der Waals surface area contributed by atoms with E-state index in [0.717, 1.165) is 5.52 Å². The summed E-state index contributed by atoms with van der Waals surface area (Å²) in [6.07, 6.45) is 1.55. The summed E-state index contributed by atoms with van der Waals surface area (Å²) in [6.45, 7) is 2.53. The van der Waals surface area contributed by atoms with E-state index >= 15 is 0 Å². The molecular formula is C18H13Cl3N2O2. The molecule has 0 saturated carbocycles. The van der Waals surface area contributed by atoms with E-state index in [1.807, 2.05) is 11.5 Å². The number of amides is 1. The maximum absolute atomic E-state index is 12.7. The molecule has 7 heteroatoms. The third-order valence-electron chi connectivity index (χ3n) is 3.80. The lowest BCUT2D eigenvalue weighted by Crippen LogP contribution is -2.23. The van der Waals surface area contributed by atoms with Gasteiger partial charge in [0.2, 0.25) is 5.43 Å². The molecule has 3 rings (SSSR count). The van der Waals surface area contributed by atoms with E-state index in [1.54, 1.807) is 36.5 Å². The number of pyridine rings is 1. The summed E-state index contributed by atoms with van der Waals surface area (Å²) in [7, 11) is 0. The van der Waals surface area contributed by atoms with Crippen molar-refractivity contribution in [3.63, 3.8) is 0 Å². The molecule has 0 unspecified atom stereocenters. The highest BCUT2D eigenvalue weighted by Crippen LogP contribution is 2.25. The topological polar surface area (TPSA) is 51.1 Å². The average molecular weight is 396 g/mol. The van der Waals surface area contributed by atoms with Crippen molar-refractivity contribution in [1.82, 2.24) is 4.57 Å². The zero-order chi connectivity index (χ0) is 18.1. The highest BCUT2D eigenvalue weighted by molar-refractivity contribution is 6.42. The van der Waals surface area contributed by atoms with Gasteiger partial charge in [0.1, 0.15) is 5.56 Å². The lowest BCUT2D eigenvalue weighted by Gasteiger charge is -2.12. The fourth-order valence-corrected chi connectivity index (χ4v) is 3.04. The fourth-order valence-electron chi connectivity index (χ4n) is 2.57. The number of hydrogen-bond donors (Lipinski definition) is 1. The summed E-state index contributed by atoms with van der Waals surface area (Å²) in [5.41, 5.74) is 0.832. The molecule has 0 radical (unpaired) electrons. The molecule has 0 aliphatic rings. The van der Waals surface area contributed by atoms with Crippen molar-refractivity contribution in [3.05, 3.63) is 73.4 Å². The Hall–Kier alpha value is -2.01. The van der Waals surface area contributed by atoms with Crippen molar-refractivity contribution < 1.29 is 4.79 Å². The highest BCUT2D eigenvalue weighted by atomic mass is 35.5. The number of halogens is 3. The van der Waals surface area contributed by atoms with Gasteiger partial charge in [0.15, 0.2) is 0 Å². The molecule has 0 saturated heterocycles. The number of anilines is 1. The average Bonchev–Trinajstić information content (AvgIpc) is 2.59. The SMILES string of the molecule is CCn1cc(C(=O)Nc2ccc(Cl)c(Cl)c2)c(=O)c2cc(Cl)ccc21. The minimum atomic E-state index is -0.521. The van der Waals surface area contributed by atoms with Gasteiger partial charge < -0.3 is 9.88 Å². The summed E-state index contributed by atoms with van der Waals surface area (Å²) in [5, 5.41) is 4.21. The molecule has 0 atom stereocenters. The van der Waals surface area contributed by atoms with E-state index in [0.29, 0.717) is 32.7 Å². The van der Waals surface area contributed by atoms with Crippen LogP contribution in [0.25, 0.3) is 10.9 Å². The van der Waals surface area contributed by atoms with Crippen LogP contribution in [0.5, 0.6) is 0 Å². The van der Waals surface area contributed by atoms with Gasteiger partial charge in [-0.2, -0.15) is 0 Å². The molecule has 0 spiro atoms. The first-order chi connectivity index (χ1) is 11.9. The van der Waals surface area contributed by atoms with Crippen molar-refractivity contribution in [1.29, 1.82) is 0 Å². The molecule has 2 aromatic carbocycles. The van der Waals surface area contributed by atoms with Crippen LogP contribution in [0.3, 0.4) is 0 Å². The van der Waals surface area contributed by atoms with Crippen molar-refractivity contribution in [2.45, 2.75) is 13.5 Å². The Balaban J connectivity index is 2.08. The zero-order valence-corrected chi connectivity index (χ0v) is 15.4. The van der Waals surface area contributed by atoms with Gasteiger partial charge in [-0.15, -0.1) is 0 Å². The third-order valence-corrected chi connectivity index (χ3v) is 4.78. The van der Waals surface area contributed by atoms with Gasteiger partial charge in [0.05, 0.1) is 15.6 Å². The van der Waals surface area contributed by atoms with Gasteiger partial charge in [0, 0.05) is 28.8 Å². The Morgan fingerprint density at radius 1 is 1.08 bits per heavy atom. The van der Waals surface area contributed by atoms with Crippen LogP contribution in [-0.4, -0.2) is 10.5 Å². The molecule has 0 aliphatic carbocycles. The van der Waals surface area contributed by atoms with Crippen LogP contribution in [0.4, 0.5) is 5.69 Å². The molecule has 1 heterocycles. The van der Waals surface area contributed by atoms with Crippen molar-refractivity contribution in [2.75, 3.05) is 5.32 Å².